The van der Waals surface area contributed by atoms with Gasteiger partial charge in [-0.3, -0.25) is 4.90 Å². The van der Waals surface area contributed by atoms with Crippen LogP contribution in [0.1, 0.15) is 24.5 Å². The normalized spacial score (nSPS) is 34.5. The Morgan fingerprint density at radius 2 is 2.18 bits per heavy atom. The molecule has 3 heteroatoms. The van der Waals surface area contributed by atoms with E-state index in [0.717, 1.165) is 30.9 Å². The van der Waals surface area contributed by atoms with Gasteiger partial charge in [-0.25, -0.2) is 0 Å². The number of hydrogen-bond acceptors (Lipinski definition) is 3. The third kappa shape index (κ3) is 1.24. The fraction of sp³-hybridized carbons (Fsp3) is 0.474. The van der Waals surface area contributed by atoms with Crippen molar-refractivity contribution in [3.63, 3.8) is 0 Å². The maximum Gasteiger partial charge on any atom is 0.166 e. The minimum absolute atomic E-state index is 0.0491. The Labute approximate surface area is 131 Å². The lowest BCUT2D eigenvalue weighted by atomic mass is 9.56. The van der Waals surface area contributed by atoms with Crippen LogP contribution in [0.25, 0.3) is 0 Å². The van der Waals surface area contributed by atoms with Crippen molar-refractivity contribution in [3.05, 3.63) is 46.6 Å². The molecule has 1 unspecified atom stereocenters. The van der Waals surface area contributed by atoms with Gasteiger partial charge in [-0.1, -0.05) is 18.2 Å². The summed E-state index contributed by atoms with van der Waals surface area (Å²) in [4.78, 5) is 2.51. The van der Waals surface area contributed by atoms with Crippen LogP contribution in [-0.4, -0.2) is 37.7 Å². The molecule has 1 fully saturated rings. The molecule has 4 aliphatic rings. The lowest BCUT2D eigenvalue weighted by molar-refractivity contribution is 0.111. The van der Waals surface area contributed by atoms with Crippen LogP contribution in [0.3, 0.4) is 0 Å². The predicted molar refractivity (Wildman–Crippen MR) is 85.7 cm³/mol. The largest absolute Gasteiger partial charge is 0.493 e. The fourth-order valence-electron chi connectivity index (χ4n) is 5.15. The lowest BCUT2D eigenvalue weighted by Gasteiger charge is -2.53. The summed E-state index contributed by atoms with van der Waals surface area (Å²) in [6, 6.07) is 4.84. The van der Waals surface area contributed by atoms with Crippen LogP contribution in [-0.2, 0) is 11.8 Å². The van der Waals surface area contributed by atoms with Crippen LogP contribution in [0.2, 0.25) is 0 Å². The van der Waals surface area contributed by atoms with Crippen molar-refractivity contribution in [2.24, 2.45) is 0 Å². The van der Waals surface area contributed by atoms with Gasteiger partial charge in [-0.2, -0.15) is 0 Å². The highest BCUT2D eigenvalue weighted by Gasteiger charge is 2.60. The molecule has 0 radical (unpaired) electrons. The molecule has 0 aromatic heterocycles. The van der Waals surface area contributed by atoms with Crippen molar-refractivity contribution >= 4 is 0 Å². The minimum atomic E-state index is 0.0491. The summed E-state index contributed by atoms with van der Waals surface area (Å²) < 4.78 is 12.1. The zero-order valence-corrected chi connectivity index (χ0v) is 13.3. The third-order valence-corrected chi connectivity index (χ3v) is 6.17. The van der Waals surface area contributed by atoms with Crippen molar-refractivity contribution < 1.29 is 9.47 Å². The first-order valence-electron chi connectivity index (χ1n) is 8.13. The standard InChI is InChI=1S/C19H21NO2/c1-11-4-6-13-14-10-12-5-7-15(21-3)17-16(12)19(13,18(11)22-17)8-9-20(14)2/h4-7,14,18H,8-10H2,1-3H3/t14?,18-,19-/m0/s1. The number of nitrogens with zero attached hydrogens (tertiary/aromatic N) is 1. The second-order valence-electron chi connectivity index (χ2n) is 7.08. The molecule has 22 heavy (non-hydrogen) atoms. The van der Waals surface area contributed by atoms with Gasteiger partial charge in [-0.15, -0.1) is 0 Å². The highest BCUT2D eigenvalue weighted by atomic mass is 16.5. The van der Waals surface area contributed by atoms with Crippen molar-refractivity contribution in [3.8, 4) is 11.5 Å². The molecule has 2 aliphatic heterocycles. The Hall–Kier alpha value is -1.74. The first kappa shape index (κ1) is 12.8. The molecular weight excluding hydrogens is 274 g/mol. The van der Waals surface area contributed by atoms with Gasteiger partial charge < -0.3 is 9.47 Å². The molecule has 1 spiro atoms. The summed E-state index contributed by atoms with van der Waals surface area (Å²) in [5, 5.41) is 0. The Bertz CT molecular complexity index is 748. The monoisotopic (exact) mass is 295 g/mol. The molecule has 0 N–H and O–H groups in total. The average molecular weight is 295 g/mol. The van der Waals surface area contributed by atoms with E-state index >= 15 is 0 Å². The van der Waals surface area contributed by atoms with Gasteiger partial charge in [0, 0.05) is 11.6 Å². The highest BCUT2D eigenvalue weighted by Crippen LogP contribution is 2.62. The predicted octanol–water partition coefficient (Wildman–Crippen LogP) is 2.84. The van der Waals surface area contributed by atoms with Gasteiger partial charge in [0.15, 0.2) is 11.5 Å². The second-order valence-corrected chi connectivity index (χ2v) is 7.08. The van der Waals surface area contributed by atoms with E-state index in [0.29, 0.717) is 6.04 Å². The van der Waals surface area contributed by atoms with E-state index in [1.807, 2.05) is 0 Å². The number of methoxy groups -OCH3 is 1. The fourth-order valence-corrected chi connectivity index (χ4v) is 5.15. The molecule has 114 valence electrons. The van der Waals surface area contributed by atoms with E-state index in [4.69, 9.17) is 9.47 Å². The molecular formula is C19H21NO2. The molecule has 2 bridgehead atoms. The number of piperidine rings is 1. The number of rotatable bonds is 1. The van der Waals surface area contributed by atoms with E-state index in [9.17, 15) is 0 Å². The van der Waals surface area contributed by atoms with E-state index in [1.54, 1.807) is 12.7 Å². The van der Waals surface area contributed by atoms with Gasteiger partial charge >= 0.3 is 0 Å². The Morgan fingerprint density at radius 3 is 3.00 bits per heavy atom. The molecule has 3 nitrogen and oxygen atoms in total. The number of hydrogen-bond donors (Lipinski definition) is 0. The molecule has 3 atom stereocenters. The van der Waals surface area contributed by atoms with Gasteiger partial charge in [0.05, 0.1) is 12.5 Å². The van der Waals surface area contributed by atoms with E-state index in [2.05, 4.69) is 43.2 Å². The van der Waals surface area contributed by atoms with Gasteiger partial charge in [0.1, 0.15) is 6.10 Å². The summed E-state index contributed by atoms with van der Waals surface area (Å²) in [5.74, 6) is 1.88. The Balaban J connectivity index is 1.86. The minimum Gasteiger partial charge on any atom is -0.493 e. The second kappa shape index (κ2) is 3.96. The quantitative estimate of drug-likeness (QED) is 0.795. The maximum atomic E-state index is 6.50. The SMILES string of the molecule is COc1ccc2c3c1O[C@H]1C(C)=CC=C4C(C2)N(C)CC[C@]431. The Kier molecular flexibility index (Phi) is 2.30. The summed E-state index contributed by atoms with van der Waals surface area (Å²) in [6.45, 7) is 3.33. The van der Waals surface area contributed by atoms with Crippen LogP contribution in [0.4, 0.5) is 0 Å². The van der Waals surface area contributed by atoms with Crippen LogP contribution >= 0.6 is 0 Å². The number of allylic oxidation sites excluding steroid dienone is 2. The molecule has 5 rings (SSSR count). The van der Waals surface area contributed by atoms with Gasteiger partial charge in [-0.05, 0) is 56.1 Å². The number of likely N-dealkylation sites (N-methyl/N-ethyl adjacent to an activating group) is 1. The summed E-state index contributed by atoms with van der Waals surface area (Å²) in [7, 11) is 3.99. The molecule has 0 saturated carbocycles. The van der Waals surface area contributed by atoms with Crippen molar-refractivity contribution in [1.29, 1.82) is 0 Å². The van der Waals surface area contributed by atoms with Crippen LogP contribution in [0.5, 0.6) is 11.5 Å². The highest BCUT2D eigenvalue weighted by molar-refractivity contribution is 5.67. The van der Waals surface area contributed by atoms with Crippen LogP contribution < -0.4 is 9.47 Å². The van der Waals surface area contributed by atoms with E-state index < -0.39 is 0 Å². The van der Waals surface area contributed by atoms with Crippen LogP contribution in [0.15, 0.2) is 35.4 Å². The van der Waals surface area contributed by atoms with Gasteiger partial charge in [0.2, 0.25) is 0 Å². The molecule has 1 aromatic carbocycles. The Morgan fingerprint density at radius 1 is 1.32 bits per heavy atom. The zero-order chi connectivity index (χ0) is 15.1. The molecule has 0 amide bonds. The maximum absolute atomic E-state index is 6.50. The van der Waals surface area contributed by atoms with E-state index in [-0.39, 0.29) is 11.5 Å². The van der Waals surface area contributed by atoms with Crippen molar-refractivity contribution in [2.75, 3.05) is 20.7 Å². The number of likely N-dealkylation sites (tertiary alicyclic amines) is 1. The average Bonchev–Trinajstić information content (AvgIpc) is 2.88. The van der Waals surface area contributed by atoms with Gasteiger partial charge in [0.25, 0.3) is 0 Å². The third-order valence-electron chi connectivity index (χ3n) is 6.17. The summed E-state index contributed by atoms with van der Waals surface area (Å²) in [5.41, 5.74) is 5.80. The first-order chi connectivity index (χ1) is 10.7. The first-order valence-corrected chi connectivity index (χ1v) is 8.13. The number of ether oxygens (including phenoxy) is 2. The van der Waals surface area contributed by atoms with Crippen molar-refractivity contribution in [2.45, 2.75) is 37.3 Å². The smallest absolute Gasteiger partial charge is 0.166 e. The van der Waals surface area contributed by atoms with E-state index in [1.165, 1.54) is 16.7 Å². The van der Waals surface area contributed by atoms with Crippen molar-refractivity contribution in [1.82, 2.24) is 4.90 Å². The molecule has 2 aliphatic carbocycles. The molecule has 1 aromatic rings. The molecule has 1 saturated heterocycles. The lowest BCUT2D eigenvalue weighted by Crippen LogP contribution is -2.58. The zero-order valence-electron chi connectivity index (χ0n) is 13.3. The van der Waals surface area contributed by atoms with Crippen LogP contribution in [0, 0.1) is 0 Å². The summed E-state index contributed by atoms with van der Waals surface area (Å²) >= 11 is 0. The molecule has 2 heterocycles. The summed E-state index contributed by atoms with van der Waals surface area (Å²) in [6.07, 6.45) is 6.99. The number of benzene rings is 1. The topological polar surface area (TPSA) is 21.7 Å².